The summed E-state index contributed by atoms with van der Waals surface area (Å²) in [5, 5.41) is 10.4. The summed E-state index contributed by atoms with van der Waals surface area (Å²) < 4.78 is 0. The van der Waals surface area contributed by atoms with Crippen LogP contribution in [0.2, 0.25) is 0 Å². The second-order valence-electron chi connectivity index (χ2n) is 3.49. The molecule has 2 aliphatic heterocycles. The fraction of sp³-hybridized carbons (Fsp3) is 0.778. The van der Waals surface area contributed by atoms with Crippen LogP contribution in [0, 0.1) is 0 Å². The zero-order chi connectivity index (χ0) is 9.97. The Balaban J connectivity index is 1.97. The zero-order valence-corrected chi connectivity index (χ0v) is 9.44. The Morgan fingerprint density at radius 3 is 2.93 bits per heavy atom. The van der Waals surface area contributed by atoms with Gasteiger partial charge in [0.1, 0.15) is 0 Å². The fourth-order valence-electron chi connectivity index (χ4n) is 1.63. The molecule has 78 valence electrons. The zero-order valence-electron chi connectivity index (χ0n) is 7.81. The molecule has 2 unspecified atom stereocenters. The van der Waals surface area contributed by atoms with E-state index in [4.69, 9.17) is 5.11 Å². The van der Waals surface area contributed by atoms with Gasteiger partial charge in [-0.05, 0) is 18.6 Å². The first-order valence-corrected chi connectivity index (χ1v) is 6.85. The molecular formula is C9H13NO2S2. The molecule has 0 spiro atoms. The number of aliphatic imine (C=N–C) groups is 1. The van der Waals surface area contributed by atoms with Gasteiger partial charge in [0, 0.05) is 5.75 Å². The molecule has 0 aliphatic carbocycles. The maximum Gasteiger partial charge on any atom is 0.329 e. The normalized spacial score (nSPS) is 32.7. The van der Waals surface area contributed by atoms with Gasteiger partial charge < -0.3 is 5.11 Å². The smallest absolute Gasteiger partial charge is 0.329 e. The van der Waals surface area contributed by atoms with Crippen LogP contribution in [-0.4, -0.2) is 38.9 Å². The molecule has 14 heavy (non-hydrogen) atoms. The first-order valence-electron chi connectivity index (χ1n) is 4.82. The molecule has 1 N–H and O–H groups in total. The Morgan fingerprint density at radius 2 is 2.36 bits per heavy atom. The summed E-state index contributed by atoms with van der Waals surface area (Å²) in [5.74, 6) is 1.04. The number of nitrogens with zero attached hydrogens (tertiary/aromatic N) is 1. The van der Waals surface area contributed by atoms with Crippen LogP contribution < -0.4 is 0 Å². The Morgan fingerprint density at radius 1 is 1.50 bits per heavy atom. The average Bonchev–Trinajstić information content (AvgIpc) is 2.68. The molecule has 0 radical (unpaired) electrons. The predicted molar refractivity (Wildman–Crippen MR) is 61.4 cm³/mol. The average molecular weight is 231 g/mol. The molecule has 0 aromatic carbocycles. The van der Waals surface area contributed by atoms with Gasteiger partial charge in [-0.2, -0.15) is 11.8 Å². The summed E-state index contributed by atoms with van der Waals surface area (Å²) >= 11 is 3.56. The highest BCUT2D eigenvalue weighted by Crippen LogP contribution is 2.33. The molecule has 0 aromatic heterocycles. The second-order valence-corrected chi connectivity index (χ2v) is 5.84. The number of hydrogen-bond acceptors (Lipinski definition) is 4. The van der Waals surface area contributed by atoms with Crippen molar-refractivity contribution in [3.63, 3.8) is 0 Å². The summed E-state index contributed by atoms with van der Waals surface area (Å²) in [7, 11) is 0. The molecule has 3 nitrogen and oxygen atoms in total. The molecule has 2 heterocycles. The van der Waals surface area contributed by atoms with Crippen molar-refractivity contribution in [1.29, 1.82) is 0 Å². The van der Waals surface area contributed by atoms with Crippen molar-refractivity contribution < 1.29 is 9.90 Å². The van der Waals surface area contributed by atoms with Gasteiger partial charge in [0.15, 0.2) is 6.04 Å². The van der Waals surface area contributed by atoms with Crippen molar-refractivity contribution in [3.8, 4) is 0 Å². The quantitative estimate of drug-likeness (QED) is 0.788. The van der Waals surface area contributed by atoms with Gasteiger partial charge >= 0.3 is 5.97 Å². The van der Waals surface area contributed by atoms with Crippen LogP contribution in [0.1, 0.15) is 19.3 Å². The Labute approximate surface area is 91.7 Å². The van der Waals surface area contributed by atoms with Crippen molar-refractivity contribution >= 4 is 34.5 Å². The summed E-state index contributed by atoms with van der Waals surface area (Å²) in [6.45, 7) is 0. The molecule has 0 amide bonds. The molecule has 2 rings (SSSR count). The van der Waals surface area contributed by atoms with Crippen LogP contribution >= 0.6 is 23.5 Å². The van der Waals surface area contributed by atoms with Crippen molar-refractivity contribution in [3.05, 3.63) is 0 Å². The van der Waals surface area contributed by atoms with Crippen LogP contribution in [0.3, 0.4) is 0 Å². The van der Waals surface area contributed by atoms with E-state index in [9.17, 15) is 4.79 Å². The van der Waals surface area contributed by atoms with Crippen molar-refractivity contribution in [1.82, 2.24) is 0 Å². The number of carboxylic acid groups (broad SMARTS) is 1. The molecule has 0 aromatic rings. The highest BCUT2D eigenvalue weighted by atomic mass is 32.2. The Hall–Kier alpha value is -0.160. The molecule has 5 heteroatoms. The predicted octanol–water partition coefficient (Wildman–Crippen LogP) is 1.87. The standard InChI is InChI=1S/C9H13NO2S2/c11-9(12)6-5-14-8(10-6)7-3-1-2-4-13-7/h6-7H,1-5H2,(H,11,12). The van der Waals surface area contributed by atoms with E-state index in [0.29, 0.717) is 11.0 Å². The first kappa shape index (κ1) is 10.4. The van der Waals surface area contributed by atoms with Gasteiger partial charge in [-0.25, -0.2) is 4.79 Å². The monoisotopic (exact) mass is 231 g/mol. The minimum Gasteiger partial charge on any atom is -0.480 e. The van der Waals surface area contributed by atoms with E-state index < -0.39 is 12.0 Å². The van der Waals surface area contributed by atoms with Gasteiger partial charge in [-0.15, -0.1) is 11.8 Å². The minimum absolute atomic E-state index is 0.484. The summed E-state index contributed by atoms with van der Waals surface area (Å²) in [6.07, 6.45) is 3.72. The Kier molecular flexibility index (Phi) is 3.38. The molecule has 1 fully saturated rings. The highest BCUT2D eigenvalue weighted by molar-refractivity contribution is 8.16. The topological polar surface area (TPSA) is 49.7 Å². The fourth-order valence-corrected chi connectivity index (χ4v) is 4.28. The molecule has 2 atom stereocenters. The minimum atomic E-state index is -0.784. The van der Waals surface area contributed by atoms with E-state index in [1.54, 1.807) is 11.8 Å². The van der Waals surface area contributed by atoms with E-state index in [2.05, 4.69) is 4.99 Å². The lowest BCUT2D eigenvalue weighted by atomic mass is 10.2. The summed E-state index contributed by atoms with van der Waals surface area (Å²) in [6, 6.07) is -0.488. The van der Waals surface area contributed by atoms with Crippen molar-refractivity contribution in [2.45, 2.75) is 30.6 Å². The lowest BCUT2D eigenvalue weighted by Gasteiger charge is -2.20. The lowest BCUT2D eigenvalue weighted by Crippen LogP contribution is -2.18. The van der Waals surface area contributed by atoms with Gasteiger partial charge in [-0.1, -0.05) is 6.42 Å². The number of thioether (sulfide) groups is 2. The van der Waals surface area contributed by atoms with E-state index in [1.807, 2.05) is 11.8 Å². The van der Waals surface area contributed by atoms with Crippen molar-refractivity contribution in [2.24, 2.45) is 4.99 Å². The van der Waals surface area contributed by atoms with Crippen LogP contribution in [-0.2, 0) is 4.79 Å². The van der Waals surface area contributed by atoms with E-state index in [1.165, 1.54) is 25.0 Å². The molecule has 1 saturated heterocycles. The lowest BCUT2D eigenvalue weighted by molar-refractivity contribution is -0.137. The molecule has 2 aliphatic rings. The SMILES string of the molecule is O=C(O)C1CSC(C2CCCCS2)=N1. The Bertz CT molecular complexity index is 262. The number of rotatable bonds is 2. The third kappa shape index (κ3) is 2.25. The van der Waals surface area contributed by atoms with E-state index in [0.717, 1.165) is 5.04 Å². The van der Waals surface area contributed by atoms with Crippen LogP contribution in [0.15, 0.2) is 4.99 Å². The van der Waals surface area contributed by atoms with Gasteiger partial charge in [0.05, 0.1) is 10.3 Å². The molecule has 0 saturated carbocycles. The van der Waals surface area contributed by atoms with Gasteiger partial charge in [0.2, 0.25) is 0 Å². The third-order valence-corrected chi connectivity index (χ3v) is 5.12. The molecule has 0 bridgehead atoms. The maximum atomic E-state index is 10.7. The largest absolute Gasteiger partial charge is 0.480 e. The number of carbonyl (C=O) groups is 1. The summed E-state index contributed by atoms with van der Waals surface area (Å²) in [4.78, 5) is 15.0. The van der Waals surface area contributed by atoms with Gasteiger partial charge in [0.25, 0.3) is 0 Å². The maximum absolute atomic E-state index is 10.7. The summed E-state index contributed by atoms with van der Waals surface area (Å²) in [5.41, 5.74) is 0. The second kappa shape index (κ2) is 4.57. The molecular weight excluding hydrogens is 218 g/mol. The number of hydrogen-bond donors (Lipinski definition) is 1. The van der Waals surface area contributed by atoms with E-state index >= 15 is 0 Å². The number of aliphatic carboxylic acids is 1. The van der Waals surface area contributed by atoms with Gasteiger partial charge in [-0.3, -0.25) is 4.99 Å². The van der Waals surface area contributed by atoms with Crippen LogP contribution in [0.5, 0.6) is 0 Å². The first-order chi connectivity index (χ1) is 6.77. The number of carboxylic acids is 1. The van der Waals surface area contributed by atoms with Crippen LogP contribution in [0.25, 0.3) is 0 Å². The highest BCUT2D eigenvalue weighted by Gasteiger charge is 2.29. The van der Waals surface area contributed by atoms with Crippen molar-refractivity contribution in [2.75, 3.05) is 11.5 Å². The van der Waals surface area contributed by atoms with Crippen LogP contribution in [0.4, 0.5) is 0 Å². The third-order valence-electron chi connectivity index (χ3n) is 2.41. The van der Waals surface area contributed by atoms with E-state index in [-0.39, 0.29) is 0 Å².